The summed E-state index contributed by atoms with van der Waals surface area (Å²) in [5.74, 6) is 0.897. The molecule has 2 aromatic rings. The molecule has 0 saturated heterocycles. The lowest BCUT2D eigenvalue weighted by molar-refractivity contribution is -0.385. The first kappa shape index (κ1) is 19.2. The molecule has 8 nitrogen and oxygen atoms in total. The van der Waals surface area contributed by atoms with Gasteiger partial charge < -0.3 is 14.8 Å². The van der Waals surface area contributed by atoms with Crippen LogP contribution in [0.1, 0.15) is 18.9 Å². The first-order chi connectivity index (χ1) is 12.5. The molecule has 1 aromatic carbocycles. The highest BCUT2D eigenvalue weighted by molar-refractivity contribution is 5.72. The molecule has 1 aromatic heterocycles. The smallest absolute Gasteiger partial charge is 0.310 e. The number of nitro groups is 1. The monoisotopic (exact) mass is 359 g/mol. The van der Waals surface area contributed by atoms with Crippen LogP contribution in [-0.4, -0.2) is 35.6 Å². The molecule has 0 bridgehead atoms. The predicted octanol–water partition coefficient (Wildman–Crippen LogP) is 2.97. The number of carbonyl (C=O) groups excluding carboxylic acids is 1. The van der Waals surface area contributed by atoms with Gasteiger partial charge in [0.2, 0.25) is 0 Å². The van der Waals surface area contributed by atoms with Crippen LogP contribution < -0.4 is 10.1 Å². The van der Waals surface area contributed by atoms with Gasteiger partial charge in [0.1, 0.15) is 24.4 Å². The third kappa shape index (κ3) is 5.73. The summed E-state index contributed by atoms with van der Waals surface area (Å²) in [4.78, 5) is 26.1. The summed E-state index contributed by atoms with van der Waals surface area (Å²) in [7, 11) is 1.58. The Hall–Kier alpha value is -3.16. The van der Waals surface area contributed by atoms with Crippen molar-refractivity contribution >= 4 is 17.5 Å². The van der Waals surface area contributed by atoms with E-state index in [1.165, 1.54) is 18.3 Å². The molecule has 2 rings (SSSR count). The fourth-order valence-corrected chi connectivity index (χ4v) is 2.20. The van der Waals surface area contributed by atoms with Gasteiger partial charge in [-0.15, -0.1) is 0 Å². The first-order valence-corrected chi connectivity index (χ1v) is 8.17. The van der Waals surface area contributed by atoms with Gasteiger partial charge in [-0.3, -0.25) is 14.9 Å². The van der Waals surface area contributed by atoms with E-state index < -0.39 is 4.92 Å². The number of nitrogens with zero attached hydrogens (tertiary/aromatic N) is 2. The third-order valence-corrected chi connectivity index (χ3v) is 3.76. The molecule has 1 atom stereocenters. The zero-order valence-corrected chi connectivity index (χ0v) is 14.7. The Morgan fingerprint density at radius 2 is 2.00 bits per heavy atom. The van der Waals surface area contributed by atoms with E-state index in [2.05, 4.69) is 10.3 Å². The maximum Gasteiger partial charge on any atom is 0.310 e. The number of ether oxygens (including phenoxy) is 2. The second-order valence-electron chi connectivity index (χ2n) is 5.62. The number of aromatic nitrogens is 1. The molecule has 0 aliphatic rings. The molecule has 0 aliphatic carbocycles. The molecular formula is C18H21N3O5. The number of carbonyl (C=O) groups is 1. The van der Waals surface area contributed by atoms with Gasteiger partial charge in [-0.25, -0.2) is 4.98 Å². The van der Waals surface area contributed by atoms with Crippen LogP contribution in [-0.2, 0) is 16.0 Å². The second-order valence-corrected chi connectivity index (χ2v) is 5.62. The van der Waals surface area contributed by atoms with Crippen LogP contribution in [0.15, 0.2) is 42.6 Å². The van der Waals surface area contributed by atoms with Crippen molar-refractivity contribution in [1.29, 1.82) is 0 Å². The highest BCUT2D eigenvalue weighted by Crippen LogP contribution is 2.14. The Labute approximate surface area is 151 Å². The molecular weight excluding hydrogens is 338 g/mol. The summed E-state index contributed by atoms with van der Waals surface area (Å²) < 4.78 is 10.4. The van der Waals surface area contributed by atoms with Gasteiger partial charge in [-0.1, -0.05) is 19.1 Å². The Balaban J connectivity index is 1.83. The summed E-state index contributed by atoms with van der Waals surface area (Å²) >= 11 is 0. The van der Waals surface area contributed by atoms with Crippen molar-refractivity contribution in [1.82, 2.24) is 4.98 Å². The first-order valence-electron chi connectivity index (χ1n) is 8.17. The van der Waals surface area contributed by atoms with Crippen molar-refractivity contribution in [2.45, 2.75) is 25.8 Å². The number of hydrogen-bond acceptors (Lipinski definition) is 7. The number of anilines is 1. The van der Waals surface area contributed by atoms with Gasteiger partial charge >= 0.3 is 5.97 Å². The van der Waals surface area contributed by atoms with Crippen molar-refractivity contribution in [3.05, 3.63) is 58.3 Å². The molecule has 26 heavy (non-hydrogen) atoms. The number of rotatable bonds is 9. The van der Waals surface area contributed by atoms with E-state index in [0.717, 1.165) is 11.3 Å². The van der Waals surface area contributed by atoms with Crippen LogP contribution in [0.25, 0.3) is 0 Å². The van der Waals surface area contributed by atoms with Crippen LogP contribution >= 0.6 is 0 Å². The van der Waals surface area contributed by atoms with Crippen molar-refractivity contribution in [3.63, 3.8) is 0 Å². The zero-order chi connectivity index (χ0) is 18.9. The third-order valence-electron chi connectivity index (χ3n) is 3.76. The van der Waals surface area contributed by atoms with Crippen molar-refractivity contribution in [2.75, 3.05) is 19.0 Å². The summed E-state index contributed by atoms with van der Waals surface area (Å²) in [5.41, 5.74) is 0.767. The Morgan fingerprint density at radius 1 is 1.27 bits per heavy atom. The average Bonchev–Trinajstić information content (AvgIpc) is 2.66. The number of hydrogen-bond donors (Lipinski definition) is 1. The van der Waals surface area contributed by atoms with Crippen molar-refractivity contribution < 1.29 is 19.2 Å². The van der Waals surface area contributed by atoms with Gasteiger partial charge in [0.05, 0.1) is 24.5 Å². The molecule has 1 unspecified atom stereocenters. The van der Waals surface area contributed by atoms with E-state index in [4.69, 9.17) is 9.47 Å². The standard InChI is InChI=1S/C18H21N3O5/c1-3-14(20-17-9-6-15(11-19-17)21(23)24)12-26-18(22)10-13-4-7-16(25-2)8-5-13/h4-9,11,14H,3,10,12H2,1-2H3,(H,19,20). The summed E-state index contributed by atoms with van der Waals surface area (Å²) in [6.45, 7) is 2.13. The molecule has 0 radical (unpaired) electrons. The number of methoxy groups -OCH3 is 1. The van der Waals surface area contributed by atoms with Crippen LogP contribution in [0, 0.1) is 10.1 Å². The molecule has 1 N–H and O–H groups in total. The molecule has 1 heterocycles. The SMILES string of the molecule is CCC(COC(=O)Cc1ccc(OC)cc1)Nc1ccc([N+](=O)[O-])cn1. The van der Waals surface area contributed by atoms with E-state index in [-0.39, 0.29) is 30.7 Å². The number of pyridine rings is 1. The Bertz CT molecular complexity index is 731. The molecule has 0 aliphatic heterocycles. The van der Waals surface area contributed by atoms with Gasteiger partial charge in [-0.05, 0) is 30.2 Å². The van der Waals surface area contributed by atoms with Crippen LogP contribution in [0.5, 0.6) is 5.75 Å². The lowest BCUT2D eigenvalue weighted by atomic mass is 10.1. The minimum Gasteiger partial charge on any atom is -0.497 e. The highest BCUT2D eigenvalue weighted by Gasteiger charge is 2.13. The number of benzene rings is 1. The number of nitrogens with one attached hydrogen (secondary N) is 1. The van der Waals surface area contributed by atoms with E-state index in [1.807, 2.05) is 19.1 Å². The number of esters is 1. The second kappa shape index (κ2) is 9.36. The predicted molar refractivity (Wildman–Crippen MR) is 96.3 cm³/mol. The molecule has 8 heteroatoms. The average molecular weight is 359 g/mol. The van der Waals surface area contributed by atoms with Crippen LogP contribution in [0.3, 0.4) is 0 Å². The Morgan fingerprint density at radius 3 is 2.54 bits per heavy atom. The normalized spacial score (nSPS) is 11.5. The van der Waals surface area contributed by atoms with Gasteiger partial charge in [-0.2, -0.15) is 0 Å². The zero-order valence-electron chi connectivity index (χ0n) is 14.7. The summed E-state index contributed by atoms with van der Waals surface area (Å²) in [6, 6.07) is 9.98. The molecule has 0 fully saturated rings. The fourth-order valence-electron chi connectivity index (χ4n) is 2.20. The quantitative estimate of drug-likeness (QED) is 0.417. The minimum atomic E-state index is -0.505. The van der Waals surface area contributed by atoms with Gasteiger partial charge in [0.25, 0.3) is 5.69 Å². The molecule has 0 spiro atoms. The van der Waals surface area contributed by atoms with Crippen molar-refractivity contribution in [2.24, 2.45) is 0 Å². The molecule has 0 saturated carbocycles. The fraction of sp³-hybridized carbons (Fsp3) is 0.333. The molecule has 0 amide bonds. The molecule has 138 valence electrons. The largest absolute Gasteiger partial charge is 0.497 e. The van der Waals surface area contributed by atoms with E-state index in [1.54, 1.807) is 19.2 Å². The summed E-state index contributed by atoms with van der Waals surface area (Å²) in [5, 5.41) is 13.7. The lowest BCUT2D eigenvalue weighted by Gasteiger charge is -2.17. The summed E-state index contributed by atoms with van der Waals surface area (Å²) in [6.07, 6.45) is 2.06. The topological polar surface area (TPSA) is 104 Å². The maximum absolute atomic E-state index is 12.0. The van der Waals surface area contributed by atoms with Crippen LogP contribution in [0.2, 0.25) is 0 Å². The minimum absolute atomic E-state index is 0.0745. The lowest BCUT2D eigenvalue weighted by Crippen LogP contribution is -2.27. The van der Waals surface area contributed by atoms with E-state index in [9.17, 15) is 14.9 Å². The Kier molecular flexibility index (Phi) is 6.90. The van der Waals surface area contributed by atoms with Crippen LogP contribution in [0.4, 0.5) is 11.5 Å². The van der Waals surface area contributed by atoms with E-state index >= 15 is 0 Å². The highest BCUT2D eigenvalue weighted by atomic mass is 16.6. The maximum atomic E-state index is 12.0. The van der Waals surface area contributed by atoms with E-state index in [0.29, 0.717) is 12.2 Å². The van der Waals surface area contributed by atoms with Gasteiger partial charge in [0.15, 0.2) is 0 Å². The van der Waals surface area contributed by atoms with Gasteiger partial charge in [0, 0.05) is 6.07 Å². The van der Waals surface area contributed by atoms with Crippen molar-refractivity contribution in [3.8, 4) is 5.75 Å².